The average Bonchev–Trinajstić information content (AvgIpc) is 3.47. The lowest BCUT2D eigenvalue weighted by Gasteiger charge is -2.48. The first-order chi connectivity index (χ1) is 16.7. The molecule has 0 bridgehead atoms. The molecule has 1 aromatic carbocycles. The first-order valence-corrected chi connectivity index (χ1v) is 13.6. The summed E-state index contributed by atoms with van der Waals surface area (Å²) in [4.78, 5) is 28.9. The molecule has 5 heterocycles. The third-order valence-electron chi connectivity index (χ3n) is 6.58. The van der Waals surface area contributed by atoms with E-state index in [-0.39, 0.29) is 18.0 Å². The molecule has 2 fully saturated rings. The van der Waals surface area contributed by atoms with Crippen LogP contribution in [-0.2, 0) is 31.0 Å². The Labute approximate surface area is 210 Å². The lowest BCUT2D eigenvalue weighted by atomic mass is 9.85. The van der Waals surface area contributed by atoms with Crippen molar-refractivity contribution >= 4 is 47.6 Å². The van der Waals surface area contributed by atoms with Crippen molar-refractivity contribution in [2.45, 2.75) is 37.4 Å². The van der Waals surface area contributed by atoms with E-state index in [4.69, 9.17) is 47.2 Å². The van der Waals surface area contributed by atoms with Crippen molar-refractivity contribution in [2.75, 3.05) is 30.9 Å². The molecule has 2 saturated heterocycles. The van der Waals surface area contributed by atoms with E-state index in [1.807, 2.05) is 18.2 Å². The number of hydrogen-bond donors (Lipinski definition) is 2. The highest BCUT2D eigenvalue weighted by Gasteiger charge is 2.51. The van der Waals surface area contributed by atoms with Crippen LogP contribution in [0.4, 0.5) is 5.82 Å². The first-order valence-electron chi connectivity index (χ1n) is 11.1. The fourth-order valence-electron chi connectivity index (χ4n) is 5.03. The van der Waals surface area contributed by atoms with Gasteiger partial charge in [-0.15, -0.1) is 0 Å². The zero-order valence-electron chi connectivity index (χ0n) is 18.4. The number of ether oxygens (including phenoxy) is 3. The van der Waals surface area contributed by atoms with Crippen LogP contribution < -0.4 is 4.90 Å². The van der Waals surface area contributed by atoms with Gasteiger partial charge in [0.2, 0.25) is 5.28 Å². The molecule has 0 radical (unpaired) electrons. The Morgan fingerprint density at radius 3 is 2.86 bits per heavy atom. The first kappa shape index (κ1) is 23.6. The molecule has 0 amide bonds. The molecular weight excluding hydrogens is 520 g/mol. The Hall–Kier alpha value is -1.82. The van der Waals surface area contributed by atoms with Gasteiger partial charge >= 0.3 is 7.60 Å². The molecule has 186 valence electrons. The SMILES string of the molecule is O=P(O)(O)COCC1CCC(n2ncc3c(N4CC5(C4)OCc4cc(Cl)ccc45)nc(Cl)nc32)O1. The molecule has 11 nitrogen and oxygen atoms in total. The van der Waals surface area contributed by atoms with Crippen LogP contribution in [0.25, 0.3) is 11.0 Å². The summed E-state index contributed by atoms with van der Waals surface area (Å²) in [5, 5.41) is 6.06. The molecule has 3 aliphatic rings. The van der Waals surface area contributed by atoms with Crippen molar-refractivity contribution in [3.63, 3.8) is 0 Å². The number of halogens is 2. The van der Waals surface area contributed by atoms with Crippen LogP contribution in [0.3, 0.4) is 0 Å². The lowest BCUT2D eigenvalue weighted by molar-refractivity contribution is -0.0585. The summed E-state index contributed by atoms with van der Waals surface area (Å²) in [6.45, 7) is 1.85. The lowest BCUT2D eigenvalue weighted by Crippen LogP contribution is -2.59. The second-order valence-electron chi connectivity index (χ2n) is 9.04. The number of hydrogen-bond acceptors (Lipinski definition) is 8. The normalized spacial score (nSPS) is 23.3. The minimum absolute atomic E-state index is 0.0876. The number of benzene rings is 1. The van der Waals surface area contributed by atoms with Crippen molar-refractivity contribution in [3.8, 4) is 0 Å². The molecule has 2 unspecified atom stereocenters. The number of rotatable bonds is 6. The number of fused-ring (bicyclic) bond motifs is 3. The number of aromatic nitrogens is 4. The van der Waals surface area contributed by atoms with Crippen LogP contribution in [0.2, 0.25) is 10.3 Å². The smallest absolute Gasteiger partial charge is 0.350 e. The van der Waals surface area contributed by atoms with Gasteiger partial charge < -0.3 is 28.9 Å². The van der Waals surface area contributed by atoms with E-state index < -0.39 is 25.8 Å². The zero-order chi connectivity index (χ0) is 24.4. The Bertz CT molecular complexity index is 1340. The molecule has 6 rings (SSSR count). The van der Waals surface area contributed by atoms with Gasteiger partial charge in [-0.05, 0) is 47.7 Å². The minimum atomic E-state index is -4.21. The average molecular weight is 542 g/mol. The Morgan fingerprint density at radius 1 is 1.23 bits per heavy atom. The van der Waals surface area contributed by atoms with E-state index in [1.165, 1.54) is 0 Å². The summed E-state index contributed by atoms with van der Waals surface area (Å²) >= 11 is 12.4. The van der Waals surface area contributed by atoms with E-state index in [0.717, 1.165) is 16.5 Å². The van der Waals surface area contributed by atoms with Gasteiger partial charge in [0.15, 0.2) is 11.9 Å². The predicted octanol–water partition coefficient (Wildman–Crippen LogP) is 3.21. The quantitative estimate of drug-likeness (QED) is 0.354. The van der Waals surface area contributed by atoms with Crippen LogP contribution in [0.15, 0.2) is 24.4 Å². The van der Waals surface area contributed by atoms with Gasteiger partial charge in [0, 0.05) is 5.02 Å². The zero-order valence-corrected chi connectivity index (χ0v) is 20.8. The summed E-state index contributed by atoms with van der Waals surface area (Å²) < 4.78 is 29.9. The minimum Gasteiger partial charge on any atom is -0.366 e. The summed E-state index contributed by atoms with van der Waals surface area (Å²) in [5.74, 6) is 0.683. The van der Waals surface area contributed by atoms with Crippen LogP contribution in [0, 0.1) is 0 Å². The molecule has 2 atom stereocenters. The summed E-state index contributed by atoms with van der Waals surface area (Å²) in [7, 11) is -4.21. The van der Waals surface area contributed by atoms with E-state index in [1.54, 1.807) is 10.9 Å². The Balaban J connectivity index is 1.20. The summed E-state index contributed by atoms with van der Waals surface area (Å²) in [5.41, 5.74) is 2.42. The second kappa shape index (κ2) is 8.64. The van der Waals surface area contributed by atoms with Gasteiger partial charge in [0.1, 0.15) is 17.8 Å². The van der Waals surface area contributed by atoms with Gasteiger partial charge in [0.05, 0.1) is 44.0 Å². The van der Waals surface area contributed by atoms with Gasteiger partial charge in [-0.2, -0.15) is 15.1 Å². The van der Waals surface area contributed by atoms with Gasteiger partial charge in [-0.3, -0.25) is 4.57 Å². The molecule has 1 spiro atoms. The van der Waals surface area contributed by atoms with Crippen LogP contribution in [0.1, 0.15) is 30.2 Å². The van der Waals surface area contributed by atoms with Gasteiger partial charge in [0.25, 0.3) is 0 Å². The highest BCUT2D eigenvalue weighted by Crippen LogP contribution is 2.46. The van der Waals surface area contributed by atoms with Crippen molar-refractivity contribution in [1.82, 2.24) is 19.7 Å². The molecular formula is C21H22Cl2N5O6P. The van der Waals surface area contributed by atoms with Crippen LogP contribution in [0.5, 0.6) is 0 Å². The van der Waals surface area contributed by atoms with E-state index in [2.05, 4.69) is 20.0 Å². The molecule has 2 aromatic heterocycles. The Morgan fingerprint density at radius 2 is 2.06 bits per heavy atom. The molecule has 35 heavy (non-hydrogen) atoms. The van der Waals surface area contributed by atoms with E-state index in [9.17, 15) is 4.57 Å². The van der Waals surface area contributed by atoms with Crippen LogP contribution in [-0.4, -0.2) is 61.7 Å². The van der Waals surface area contributed by atoms with E-state index in [0.29, 0.717) is 49.0 Å². The summed E-state index contributed by atoms with van der Waals surface area (Å²) in [6.07, 6.45) is 1.69. The number of anilines is 1. The topological polar surface area (TPSA) is 132 Å². The molecule has 14 heteroatoms. The molecule has 0 aliphatic carbocycles. The third kappa shape index (κ3) is 4.34. The molecule has 3 aromatic rings. The summed E-state index contributed by atoms with van der Waals surface area (Å²) in [6, 6.07) is 5.86. The van der Waals surface area contributed by atoms with Crippen molar-refractivity contribution in [2.24, 2.45) is 0 Å². The highest BCUT2D eigenvalue weighted by molar-refractivity contribution is 7.51. The highest BCUT2D eigenvalue weighted by atomic mass is 35.5. The van der Waals surface area contributed by atoms with E-state index >= 15 is 0 Å². The van der Waals surface area contributed by atoms with Crippen molar-refractivity contribution in [1.29, 1.82) is 0 Å². The predicted molar refractivity (Wildman–Crippen MR) is 126 cm³/mol. The largest absolute Gasteiger partial charge is 0.366 e. The third-order valence-corrected chi connectivity index (χ3v) is 7.50. The molecule has 3 aliphatic heterocycles. The second-order valence-corrected chi connectivity index (χ2v) is 11.4. The van der Waals surface area contributed by atoms with Gasteiger partial charge in [-0.25, -0.2) is 4.68 Å². The fourth-order valence-corrected chi connectivity index (χ4v) is 5.73. The standard InChI is InChI=1S/C21H22Cl2N5O6P/c22-13-1-3-16-12(5-13)7-33-21(16)9-27(10-21)18-15-6-24-28(19(15)26-20(23)25-18)17-4-2-14(34-17)8-32-11-35(29,30)31/h1,3,5-6,14,17H,2,4,7-11H2,(H2,29,30,31). The van der Waals surface area contributed by atoms with Crippen LogP contribution >= 0.6 is 30.8 Å². The van der Waals surface area contributed by atoms with Crippen molar-refractivity contribution < 1.29 is 28.6 Å². The molecule has 0 saturated carbocycles. The Kier molecular flexibility index (Phi) is 5.82. The van der Waals surface area contributed by atoms with Gasteiger partial charge in [-0.1, -0.05) is 17.7 Å². The maximum Gasteiger partial charge on any atom is 0.350 e. The number of nitrogens with zero attached hydrogens (tertiary/aromatic N) is 5. The maximum atomic E-state index is 11.0. The maximum absolute atomic E-state index is 11.0. The molecule has 2 N–H and O–H groups in total. The van der Waals surface area contributed by atoms with Crippen molar-refractivity contribution in [3.05, 3.63) is 45.8 Å². The monoisotopic (exact) mass is 541 g/mol. The fraction of sp³-hybridized carbons (Fsp3) is 0.476.